The van der Waals surface area contributed by atoms with Gasteiger partial charge < -0.3 is 14.6 Å². The highest BCUT2D eigenvalue weighted by Gasteiger charge is 2.14. The van der Waals surface area contributed by atoms with Crippen molar-refractivity contribution in [1.82, 2.24) is 19.7 Å². The van der Waals surface area contributed by atoms with Gasteiger partial charge in [0, 0.05) is 27.5 Å². The van der Waals surface area contributed by atoms with Gasteiger partial charge in [0.1, 0.15) is 12.4 Å². The average molecular weight is 565 g/mol. The Morgan fingerprint density at radius 1 is 1.24 bits per heavy atom. The van der Waals surface area contributed by atoms with E-state index in [1.807, 2.05) is 60.3 Å². The molecule has 0 aliphatic carbocycles. The number of nitrogens with one attached hydrogen (secondary N) is 1. The first kappa shape index (κ1) is 23.7. The Bertz CT molecular complexity index is 1280. The fourth-order valence-electron chi connectivity index (χ4n) is 2.82. The lowest BCUT2D eigenvalue weighted by Crippen LogP contribution is -2.14. The van der Waals surface area contributed by atoms with Gasteiger partial charge in [-0.2, -0.15) is 0 Å². The summed E-state index contributed by atoms with van der Waals surface area (Å²) in [6, 6.07) is 13.4. The number of anilines is 1. The minimum Gasteiger partial charge on any atom is -0.486 e. The maximum Gasteiger partial charge on any atom is 0.236 e. The number of benzene rings is 2. The van der Waals surface area contributed by atoms with Crippen LogP contribution in [0.2, 0.25) is 5.02 Å². The van der Waals surface area contributed by atoms with Crippen molar-refractivity contribution >= 4 is 61.7 Å². The number of aryl methyl sites for hydroxylation is 1. The Balaban J connectivity index is 1.29. The maximum absolute atomic E-state index is 12.4. The van der Waals surface area contributed by atoms with Crippen LogP contribution < -0.4 is 10.1 Å². The van der Waals surface area contributed by atoms with Crippen molar-refractivity contribution in [3.05, 3.63) is 68.7 Å². The number of amides is 1. The Morgan fingerprint density at radius 3 is 2.79 bits per heavy atom. The van der Waals surface area contributed by atoms with Crippen LogP contribution >= 0.6 is 50.6 Å². The number of carbonyl (C=O) groups excluding carboxylic acids is 1. The third-order valence-corrected chi connectivity index (χ3v) is 7.38. The van der Waals surface area contributed by atoms with Crippen LogP contribution in [0.1, 0.15) is 11.4 Å². The second-order valence-electron chi connectivity index (χ2n) is 7.04. The molecule has 0 spiro atoms. The summed E-state index contributed by atoms with van der Waals surface area (Å²) >= 11 is 12.2. The van der Waals surface area contributed by atoms with E-state index in [0.29, 0.717) is 26.9 Å². The van der Waals surface area contributed by atoms with Crippen LogP contribution in [-0.2, 0) is 18.4 Å². The van der Waals surface area contributed by atoms with Crippen LogP contribution in [0.25, 0.3) is 11.3 Å². The molecule has 4 rings (SSSR count). The van der Waals surface area contributed by atoms with Gasteiger partial charge in [-0.1, -0.05) is 51.4 Å². The Morgan fingerprint density at radius 2 is 2.03 bits per heavy atom. The molecular formula is C22H19BrClN5O2S2. The number of ether oxygens (including phenoxy) is 1. The first-order valence-electron chi connectivity index (χ1n) is 9.80. The molecule has 170 valence electrons. The Hall–Kier alpha value is -2.40. The molecule has 0 fully saturated rings. The smallest absolute Gasteiger partial charge is 0.236 e. The molecule has 4 aromatic rings. The lowest BCUT2D eigenvalue weighted by Gasteiger charge is -2.08. The third kappa shape index (κ3) is 6.14. The molecular weight excluding hydrogens is 546 g/mol. The molecule has 0 radical (unpaired) electrons. The van der Waals surface area contributed by atoms with E-state index in [2.05, 4.69) is 36.4 Å². The fourth-order valence-corrected chi connectivity index (χ4v) is 4.67. The molecule has 0 saturated heterocycles. The molecule has 0 aliphatic rings. The van der Waals surface area contributed by atoms with Gasteiger partial charge in [0.15, 0.2) is 16.1 Å². The van der Waals surface area contributed by atoms with Gasteiger partial charge in [-0.15, -0.1) is 21.5 Å². The normalized spacial score (nSPS) is 10.9. The second kappa shape index (κ2) is 10.7. The summed E-state index contributed by atoms with van der Waals surface area (Å²) in [5, 5.41) is 15.0. The summed E-state index contributed by atoms with van der Waals surface area (Å²) < 4.78 is 8.61. The number of aromatic nitrogens is 4. The number of hydrogen-bond donors (Lipinski definition) is 1. The van der Waals surface area contributed by atoms with Crippen molar-refractivity contribution in [2.75, 3.05) is 11.1 Å². The lowest BCUT2D eigenvalue weighted by molar-refractivity contribution is -0.113. The highest BCUT2D eigenvalue weighted by atomic mass is 79.9. The monoisotopic (exact) mass is 563 g/mol. The second-order valence-corrected chi connectivity index (χ2v) is 10.2. The van der Waals surface area contributed by atoms with Crippen molar-refractivity contribution in [3.63, 3.8) is 0 Å². The van der Waals surface area contributed by atoms with Crippen LogP contribution in [0.4, 0.5) is 5.13 Å². The predicted octanol–water partition coefficient (Wildman–Crippen LogP) is 5.97. The van der Waals surface area contributed by atoms with Crippen LogP contribution in [0.15, 0.2) is 57.5 Å². The van der Waals surface area contributed by atoms with Gasteiger partial charge in [-0.25, -0.2) is 4.98 Å². The number of carbonyl (C=O) groups is 1. The van der Waals surface area contributed by atoms with E-state index in [1.165, 1.54) is 23.1 Å². The number of halogens is 2. The number of hydrogen-bond acceptors (Lipinski definition) is 7. The summed E-state index contributed by atoms with van der Waals surface area (Å²) in [6.07, 6.45) is 0. The van der Waals surface area contributed by atoms with Gasteiger partial charge in [-0.05, 0) is 42.8 Å². The van der Waals surface area contributed by atoms with E-state index in [-0.39, 0.29) is 18.3 Å². The van der Waals surface area contributed by atoms with Gasteiger partial charge in [0.2, 0.25) is 5.91 Å². The first-order valence-corrected chi connectivity index (χ1v) is 12.8. The predicted molar refractivity (Wildman–Crippen MR) is 136 cm³/mol. The summed E-state index contributed by atoms with van der Waals surface area (Å²) in [4.78, 5) is 16.9. The van der Waals surface area contributed by atoms with E-state index in [9.17, 15) is 4.79 Å². The van der Waals surface area contributed by atoms with Crippen LogP contribution in [0, 0.1) is 6.92 Å². The van der Waals surface area contributed by atoms with Crippen molar-refractivity contribution in [3.8, 4) is 17.0 Å². The minimum absolute atomic E-state index is 0.158. The quantitative estimate of drug-likeness (QED) is 0.266. The minimum atomic E-state index is -0.158. The molecule has 7 nitrogen and oxygen atoms in total. The topological polar surface area (TPSA) is 81.9 Å². The fraction of sp³-hybridized carbons (Fsp3) is 0.182. The van der Waals surface area contributed by atoms with E-state index >= 15 is 0 Å². The van der Waals surface area contributed by atoms with Crippen molar-refractivity contribution in [2.24, 2.45) is 7.05 Å². The molecule has 0 atom stereocenters. The zero-order chi connectivity index (χ0) is 23.4. The first-order chi connectivity index (χ1) is 15.9. The molecule has 0 saturated carbocycles. The van der Waals surface area contributed by atoms with E-state index in [0.717, 1.165) is 21.3 Å². The Kier molecular flexibility index (Phi) is 7.69. The zero-order valence-electron chi connectivity index (χ0n) is 17.7. The van der Waals surface area contributed by atoms with E-state index < -0.39 is 0 Å². The molecule has 2 heterocycles. The van der Waals surface area contributed by atoms with Gasteiger partial charge in [-0.3, -0.25) is 4.79 Å². The number of rotatable bonds is 8. The summed E-state index contributed by atoms with van der Waals surface area (Å²) in [5.74, 6) is 1.40. The lowest BCUT2D eigenvalue weighted by atomic mass is 10.2. The molecule has 11 heteroatoms. The SMILES string of the molecule is Cc1cc(OCc2nnc(SCC(=O)Nc3nc(-c4ccc(Br)cc4)cs3)n2C)ccc1Cl. The number of nitrogens with zero attached hydrogens (tertiary/aromatic N) is 4. The molecule has 33 heavy (non-hydrogen) atoms. The summed E-state index contributed by atoms with van der Waals surface area (Å²) in [6.45, 7) is 2.18. The standard InChI is InChI=1S/C22H19BrClN5O2S2/c1-13-9-16(7-8-17(13)24)31-10-19-27-28-22(29(19)2)33-12-20(30)26-21-25-18(11-32-21)14-3-5-15(23)6-4-14/h3-9,11H,10,12H2,1-2H3,(H,25,26,30). The largest absolute Gasteiger partial charge is 0.486 e. The highest BCUT2D eigenvalue weighted by Crippen LogP contribution is 2.27. The molecule has 0 unspecified atom stereocenters. The van der Waals surface area contributed by atoms with Gasteiger partial charge in [0.05, 0.1) is 11.4 Å². The van der Waals surface area contributed by atoms with Crippen LogP contribution in [-0.4, -0.2) is 31.4 Å². The summed E-state index contributed by atoms with van der Waals surface area (Å²) in [5.41, 5.74) is 2.76. The molecule has 1 N–H and O–H groups in total. The van der Waals surface area contributed by atoms with E-state index in [4.69, 9.17) is 16.3 Å². The van der Waals surface area contributed by atoms with Crippen molar-refractivity contribution < 1.29 is 9.53 Å². The highest BCUT2D eigenvalue weighted by molar-refractivity contribution is 9.10. The molecule has 2 aromatic carbocycles. The molecule has 2 aromatic heterocycles. The average Bonchev–Trinajstić information content (AvgIpc) is 3.40. The van der Waals surface area contributed by atoms with E-state index in [1.54, 1.807) is 6.07 Å². The van der Waals surface area contributed by atoms with Gasteiger partial charge in [0.25, 0.3) is 0 Å². The third-order valence-electron chi connectivity index (χ3n) is 4.65. The number of thiazole rings is 1. The molecule has 0 bridgehead atoms. The molecule has 0 aliphatic heterocycles. The van der Waals surface area contributed by atoms with Crippen molar-refractivity contribution in [1.29, 1.82) is 0 Å². The molecule has 1 amide bonds. The Labute approximate surface area is 212 Å². The summed E-state index contributed by atoms with van der Waals surface area (Å²) in [7, 11) is 1.84. The maximum atomic E-state index is 12.4. The van der Waals surface area contributed by atoms with Crippen LogP contribution in [0.3, 0.4) is 0 Å². The van der Waals surface area contributed by atoms with Crippen LogP contribution in [0.5, 0.6) is 5.75 Å². The number of thioether (sulfide) groups is 1. The van der Waals surface area contributed by atoms with Gasteiger partial charge >= 0.3 is 0 Å². The van der Waals surface area contributed by atoms with Crippen molar-refractivity contribution in [2.45, 2.75) is 18.7 Å². The zero-order valence-corrected chi connectivity index (χ0v) is 21.7.